The molecule has 1 heterocycles. The molecule has 0 radical (unpaired) electrons. The Kier molecular flexibility index (Phi) is 5.81. The maximum absolute atomic E-state index is 13.8. The molecule has 164 valence electrons. The van der Waals surface area contributed by atoms with E-state index in [0.29, 0.717) is 12.3 Å². The van der Waals surface area contributed by atoms with Crippen LogP contribution in [-0.2, 0) is 21.2 Å². The lowest BCUT2D eigenvalue weighted by molar-refractivity contribution is -0.130. The Balaban J connectivity index is 1.71. The van der Waals surface area contributed by atoms with Crippen molar-refractivity contribution in [1.82, 2.24) is 4.31 Å². The number of benzene rings is 1. The van der Waals surface area contributed by atoms with Crippen LogP contribution in [0.4, 0.5) is 0 Å². The number of thioether (sulfide) groups is 2. The summed E-state index contributed by atoms with van der Waals surface area (Å²) in [6.45, 7) is 4.40. The van der Waals surface area contributed by atoms with Crippen LogP contribution in [0.15, 0.2) is 35.3 Å². The molecular weight excluding hydrogens is 436 g/mol. The molecule has 2 saturated carbocycles. The summed E-state index contributed by atoms with van der Waals surface area (Å²) in [5.41, 5.74) is 0.622. The fourth-order valence-electron chi connectivity index (χ4n) is 6.07. The molecule has 1 aromatic carbocycles. The van der Waals surface area contributed by atoms with E-state index in [2.05, 4.69) is 13.8 Å². The number of hydrogen-bond acceptors (Lipinski definition) is 6. The fraction of sp³-hybridized carbons (Fsp3) is 0.636. The fourth-order valence-corrected chi connectivity index (χ4v) is 9.77. The number of carbonyl (C=O) groups excluding carboxylic acids is 1. The maximum Gasteiger partial charge on any atom is 0.261 e. The minimum Gasteiger partial charge on any atom is -0.271 e. The van der Waals surface area contributed by atoms with Crippen LogP contribution in [0.25, 0.3) is 0 Å². The molecule has 5 nitrogen and oxygen atoms in total. The summed E-state index contributed by atoms with van der Waals surface area (Å²) >= 11 is 2.98. The van der Waals surface area contributed by atoms with Gasteiger partial charge in [0, 0.05) is 11.8 Å². The van der Waals surface area contributed by atoms with Gasteiger partial charge >= 0.3 is 0 Å². The average molecular weight is 467 g/mol. The zero-order chi connectivity index (χ0) is 21.7. The van der Waals surface area contributed by atoms with Crippen molar-refractivity contribution in [3.8, 4) is 0 Å². The third-order valence-electron chi connectivity index (χ3n) is 7.80. The van der Waals surface area contributed by atoms with E-state index >= 15 is 0 Å². The zero-order valence-electron chi connectivity index (χ0n) is 18.0. The van der Waals surface area contributed by atoms with Gasteiger partial charge in [-0.3, -0.25) is 9.79 Å². The van der Waals surface area contributed by atoms with Crippen LogP contribution in [0.5, 0.6) is 0 Å². The van der Waals surface area contributed by atoms with Crippen LogP contribution in [-0.4, -0.2) is 53.4 Å². The topological polar surface area (TPSA) is 66.8 Å². The molecule has 3 fully saturated rings. The van der Waals surface area contributed by atoms with Crippen molar-refractivity contribution in [1.29, 1.82) is 0 Å². The van der Waals surface area contributed by atoms with Gasteiger partial charge in [-0.2, -0.15) is 0 Å². The Morgan fingerprint density at radius 1 is 1.23 bits per heavy atom. The van der Waals surface area contributed by atoms with Crippen molar-refractivity contribution in [3.63, 3.8) is 0 Å². The predicted octanol–water partition coefficient (Wildman–Crippen LogP) is 4.05. The van der Waals surface area contributed by atoms with Crippen molar-refractivity contribution in [2.24, 2.45) is 21.7 Å². The SMILES string of the molecule is CSC(=N[C@@H](Cc1ccccc1)C(=O)N1[C@@H]2C[C@H]3CC[C@]2(CS1(=O)=O)C3(C)C)SC. The summed E-state index contributed by atoms with van der Waals surface area (Å²) in [5.74, 6) is 0.224. The first-order chi connectivity index (χ1) is 14.2. The molecule has 0 unspecified atom stereocenters. The van der Waals surface area contributed by atoms with Crippen molar-refractivity contribution >= 4 is 43.8 Å². The molecule has 2 aliphatic carbocycles. The Bertz CT molecular complexity index is 955. The molecular formula is C22H30N2O3S3. The molecule has 2 bridgehead atoms. The zero-order valence-corrected chi connectivity index (χ0v) is 20.4. The smallest absolute Gasteiger partial charge is 0.261 e. The highest BCUT2D eigenvalue weighted by Crippen LogP contribution is 2.70. The van der Waals surface area contributed by atoms with Crippen LogP contribution in [0.2, 0.25) is 0 Å². The number of sulfonamides is 1. The number of aliphatic imine (C=N–C) groups is 1. The monoisotopic (exact) mass is 466 g/mol. The standard InChI is InChI=1S/C22H30N2O3S3/c1-21(2)16-10-11-22(21)14-30(26,27)24(18(22)13-16)19(25)17(23-20(28-3)29-4)12-15-8-6-5-7-9-15/h5-9,16-18H,10-14H2,1-4H3/t16-,17+,18-,22-/m1/s1. The molecule has 30 heavy (non-hydrogen) atoms. The highest BCUT2D eigenvalue weighted by atomic mass is 32.2. The van der Waals surface area contributed by atoms with E-state index in [0.717, 1.165) is 29.2 Å². The number of nitrogens with zero attached hydrogens (tertiary/aromatic N) is 2. The minimum absolute atomic E-state index is 0.0539. The normalized spacial score (nSPS) is 31.4. The first kappa shape index (κ1) is 22.2. The lowest BCUT2D eigenvalue weighted by atomic mass is 9.69. The van der Waals surface area contributed by atoms with Gasteiger partial charge in [-0.25, -0.2) is 12.7 Å². The summed E-state index contributed by atoms with van der Waals surface area (Å²) < 4.78 is 28.7. The molecule has 1 aliphatic heterocycles. The summed E-state index contributed by atoms with van der Waals surface area (Å²) in [4.78, 5) is 18.5. The second-order valence-electron chi connectivity index (χ2n) is 9.26. The largest absolute Gasteiger partial charge is 0.271 e. The van der Waals surface area contributed by atoms with Crippen molar-refractivity contribution in [2.45, 2.75) is 51.6 Å². The van der Waals surface area contributed by atoms with Crippen molar-refractivity contribution in [2.75, 3.05) is 18.3 Å². The summed E-state index contributed by atoms with van der Waals surface area (Å²) in [7, 11) is -3.65. The van der Waals surface area contributed by atoms with Gasteiger partial charge in [0.25, 0.3) is 5.91 Å². The van der Waals surface area contributed by atoms with Gasteiger partial charge in [-0.15, -0.1) is 23.5 Å². The lowest BCUT2D eigenvalue weighted by Crippen LogP contribution is -2.48. The number of carbonyl (C=O) groups is 1. The van der Waals surface area contributed by atoms with Crippen LogP contribution < -0.4 is 0 Å². The average Bonchev–Trinajstić information content (AvgIpc) is 3.19. The summed E-state index contributed by atoms with van der Waals surface area (Å²) in [6.07, 6.45) is 7.01. The van der Waals surface area contributed by atoms with Crippen LogP contribution in [0.3, 0.4) is 0 Å². The van der Waals surface area contributed by atoms with Crippen LogP contribution in [0, 0.1) is 16.7 Å². The van der Waals surface area contributed by atoms with E-state index in [1.807, 2.05) is 42.8 Å². The molecule has 3 aliphatic rings. The van der Waals surface area contributed by atoms with Crippen molar-refractivity contribution in [3.05, 3.63) is 35.9 Å². The Morgan fingerprint density at radius 2 is 1.90 bits per heavy atom. The number of hydrogen-bond donors (Lipinski definition) is 0. The molecule has 1 aromatic rings. The maximum atomic E-state index is 13.8. The summed E-state index contributed by atoms with van der Waals surface area (Å²) in [6, 6.07) is 8.79. The third-order valence-corrected chi connectivity index (χ3v) is 11.6. The van der Waals surface area contributed by atoms with Gasteiger partial charge < -0.3 is 0 Å². The highest BCUT2D eigenvalue weighted by molar-refractivity contribution is 8.38. The molecule has 1 saturated heterocycles. The first-order valence-electron chi connectivity index (χ1n) is 10.4. The second kappa shape index (κ2) is 7.85. The van der Waals surface area contributed by atoms with Gasteiger partial charge in [0.15, 0.2) is 0 Å². The van der Waals surface area contributed by atoms with Crippen LogP contribution in [0.1, 0.15) is 38.7 Å². The van der Waals surface area contributed by atoms with E-state index in [-0.39, 0.29) is 28.5 Å². The molecule has 1 amide bonds. The number of amides is 1. The minimum atomic E-state index is -3.65. The Labute approximate surface area is 188 Å². The van der Waals surface area contributed by atoms with Gasteiger partial charge in [0.1, 0.15) is 10.4 Å². The quantitative estimate of drug-likeness (QED) is 0.495. The molecule has 4 rings (SSSR count). The summed E-state index contributed by atoms with van der Waals surface area (Å²) in [5, 5.41) is 0. The van der Waals surface area contributed by atoms with E-state index in [9.17, 15) is 13.2 Å². The number of fused-ring (bicyclic) bond motifs is 1. The van der Waals surface area contributed by atoms with Crippen molar-refractivity contribution < 1.29 is 13.2 Å². The highest BCUT2D eigenvalue weighted by Gasteiger charge is 2.72. The molecule has 0 aromatic heterocycles. The number of rotatable bonds is 4. The Hall–Kier alpha value is -0.990. The van der Waals surface area contributed by atoms with Gasteiger partial charge in [0.2, 0.25) is 10.0 Å². The predicted molar refractivity (Wildman–Crippen MR) is 126 cm³/mol. The first-order valence-corrected chi connectivity index (χ1v) is 14.5. The molecule has 8 heteroatoms. The molecule has 4 atom stereocenters. The van der Waals surface area contributed by atoms with E-state index in [4.69, 9.17) is 4.99 Å². The van der Waals surface area contributed by atoms with Crippen LogP contribution >= 0.6 is 23.5 Å². The third kappa shape index (κ3) is 3.34. The van der Waals surface area contributed by atoms with Gasteiger partial charge in [-0.05, 0) is 48.7 Å². The molecule has 1 spiro atoms. The van der Waals surface area contributed by atoms with Gasteiger partial charge in [-0.1, -0.05) is 44.2 Å². The van der Waals surface area contributed by atoms with E-state index in [1.165, 1.54) is 27.8 Å². The van der Waals surface area contributed by atoms with E-state index < -0.39 is 16.1 Å². The van der Waals surface area contributed by atoms with E-state index in [1.54, 1.807) is 0 Å². The molecule has 0 N–H and O–H groups in total. The Morgan fingerprint density at radius 3 is 2.50 bits per heavy atom. The van der Waals surface area contributed by atoms with Gasteiger partial charge in [0.05, 0.1) is 11.8 Å². The second-order valence-corrected chi connectivity index (χ2v) is 13.0. The lowest BCUT2D eigenvalue weighted by Gasteiger charge is -2.37.